The van der Waals surface area contributed by atoms with E-state index in [-0.39, 0.29) is 4.90 Å². The molecule has 0 bridgehead atoms. The Bertz CT molecular complexity index is 877. The third kappa shape index (κ3) is 4.92. The first-order valence-corrected chi connectivity index (χ1v) is 8.56. The molecule has 0 saturated heterocycles. The van der Waals surface area contributed by atoms with Crippen LogP contribution in [-0.4, -0.2) is 14.3 Å². The molecule has 0 unspecified atom stereocenters. The fourth-order valence-electron chi connectivity index (χ4n) is 1.95. The SMILES string of the molecule is Cc1ccc(NC(=O)/C=C/c2cccc(Cl)c2)cc1S(N)(=O)=O. The fourth-order valence-corrected chi connectivity index (χ4v) is 2.96. The summed E-state index contributed by atoms with van der Waals surface area (Å²) in [6.07, 6.45) is 2.94. The van der Waals surface area contributed by atoms with Crippen molar-refractivity contribution in [2.75, 3.05) is 5.32 Å². The summed E-state index contributed by atoms with van der Waals surface area (Å²) in [7, 11) is -3.84. The van der Waals surface area contributed by atoms with E-state index in [4.69, 9.17) is 16.7 Å². The van der Waals surface area contributed by atoms with Crippen LogP contribution in [0, 0.1) is 6.92 Å². The molecule has 0 atom stereocenters. The normalized spacial score (nSPS) is 11.6. The molecule has 23 heavy (non-hydrogen) atoms. The van der Waals surface area contributed by atoms with Crippen molar-refractivity contribution >= 4 is 39.3 Å². The van der Waals surface area contributed by atoms with Gasteiger partial charge in [-0.1, -0.05) is 29.8 Å². The van der Waals surface area contributed by atoms with Gasteiger partial charge in [0.1, 0.15) is 0 Å². The van der Waals surface area contributed by atoms with Crippen LogP contribution >= 0.6 is 11.6 Å². The van der Waals surface area contributed by atoms with Gasteiger partial charge in [-0.2, -0.15) is 0 Å². The highest BCUT2D eigenvalue weighted by Gasteiger charge is 2.12. The van der Waals surface area contributed by atoms with Crippen molar-refractivity contribution < 1.29 is 13.2 Å². The van der Waals surface area contributed by atoms with Crippen molar-refractivity contribution in [3.63, 3.8) is 0 Å². The van der Waals surface area contributed by atoms with Gasteiger partial charge in [-0.15, -0.1) is 0 Å². The number of halogens is 1. The van der Waals surface area contributed by atoms with Crippen molar-refractivity contribution in [3.05, 3.63) is 64.7 Å². The first-order valence-electron chi connectivity index (χ1n) is 6.64. The van der Waals surface area contributed by atoms with E-state index in [0.717, 1.165) is 5.56 Å². The molecule has 0 heterocycles. The Morgan fingerprint density at radius 3 is 2.61 bits per heavy atom. The lowest BCUT2D eigenvalue weighted by Crippen LogP contribution is -2.15. The zero-order valence-corrected chi connectivity index (χ0v) is 13.9. The van der Waals surface area contributed by atoms with E-state index in [1.165, 1.54) is 12.1 Å². The largest absolute Gasteiger partial charge is 0.322 e. The zero-order chi connectivity index (χ0) is 17.0. The van der Waals surface area contributed by atoms with Gasteiger partial charge in [0.05, 0.1) is 4.90 Å². The minimum atomic E-state index is -3.84. The zero-order valence-electron chi connectivity index (χ0n) is 12.3. The van der Waals surface area contributed by atoms with E-state index in [9.17, 15) is 13.2 Å². The van der Waals surface area contributed by atoms with Crippen LogP contribution in [-0.2, 0) is 14.8 Å². The van der Waals surface area contributed by atoms with E-state index in [0.29, 0.717) is 16.3 Å². The number of nitrogens with two attached hydrogens (primary N) is 1. The Morgan fingerprint density at radius 1 is 1.22 bits per heavy atom. The average molecular weight is 351 g/mol. The number of hydrogen-bond donors (Lipinski definition) is 2. The molecule has 2 aromatic rings. The van der Waals surface area contributed by atoms with Gasteiger partial charge in [0.2, 0.25) is 15.9 Å². The number of carbonyl (C=O) groups excluding carboxylic acids is 1. The Morgan fingerprint density at radius 2 is 1.96 bits per heavy atom. The van der Waals surface area contributed by atoms with Crippen LogP contribution in [0.25, 0.3) is 6.08 Å². The minimum absolute atomic E-state index is 0.0193. The molecule has 0 aliphatic rings. The number of benzene rings is 2. The second-order valence-electron chi connectivity index (χ2n) is 4.90. The van der Waals surface area contributed by atoms with Crippen LogP contribution < -0.4 is 10.5 Å². The van der Waals surface area contributed by atoms with Gasteiger partial charge < -0.3 is 5.32 Å². The summed E-state index contributed by atoms with van der Waals surface area (Å²) in [6.45, 7) is 1.63. The average Bonchev–Trinajstić information content (AvgIpc) is 2.46. The quantitative estimate of drug-likeness (QED) is 0.831. The lowest BCUT2D eigenvalue weighted by molar-refractivity contribution is -0.111. The Labute approximate surface area is 139 Å². The summed E-state index contributed by atoms with van der Waals surface area (Å²) in [4.78, 5) is 11.9. The number of amides is 1. The molecular formula is C16H15ClN2O3S. The molecule has 0 fully saturated rings. The summed E-state index contributed by atoms with van der Waals surface area (Å²) in [5, 5.41) is 8.30. The molecule has 3 N–H and O–H groups in total. The Kier molecular flexibility index (Phi) is 5.20. The summed E-state index contributed by atoms with van der Waals surface area (Å²) < 4.78 is 22.9. The fraction of sp³-hybridized carbons (Fsp3) is 0.0625. The van der Waals surface area contributed by atoms with Crippen LogP contribution in [0.3, 0.4) is 0 Å². The number of rotatable bonds is 4. The van der Waals surface area contributed by atoms with Gasteiger partial charge in [0.25, 0.3) is 0 Å². The maximum absolute atomic E-state index is 11.9. The molecule has 0 aliphatic heterocycles. The van der Waals surface area contributed by atoms with Gasteiger partial charge >= 0.3 is 0 Å². The molecule has 7 heteroatoms. The van der Waals surface area contributed by atoms with Crippen LogP contribution in [0.5, 0.6) is 0 Å². The monoisotopic (exact) mass is 350 g/mol. The third-order valence-corrected chi connectivity index (χ3v) is 4.33. The molecule has 0 aliphatic carbocycles. The molecule has 0 saturated carbocycles. The van der Waals surface area contributed by atoms with Crippen molar-refractivity contribution in [2.24, 2.45) is 5.14 Å². The maximum Gasteiger partial charge on any atom is 0.248 e. The summed E-state index contributed by atoms with van der Waals surface area (Å²) in [6, 6.07) is 11.6. The van der Waals surface area contributed by atoms with E-state index in [1.807, 2.05) is 0 Å². The Hall–Kier alpha value is -2.15. The predicted molar refractivity (Wildman–Crippen MR) is 91.7 cm³/mol. The van der Waals surface area contributed by atoms with E-state index >= 15 is 0 Å². The van der Waals surface area contributed by atoms with E-state index in [1.54, 1.807) is 49.4 Å². The number of hydrogen-bond acceptors (Lipinski definition) is 3. The van der Waals surface area contributed by atoms with E-state index in [2.05, 4.69) is 5.32 Å². The van der Waals surface area contributed by atoms with Gasteiger partial charge in [-0.25, -0.2) is 13.6 Å². The molecule has 0 radical (unpaired) electrons. The highest BCUT2D eigenvalue weighted by molar-refractivity contribution is 7.89. The number of sulfonamides is 1. The number of primary sulfonamides is 1. The van der Waals surface area contributed by atoms with Crippen molar-refractivity contribution in [2.45, 2.75) is 11.8 Å². The van der Waals surface area contributed by atoms with Crippen LogP contribution in [0.4, 0.5) is 5.69 Å². The van der Waals surface area contributed by atoms with Crippen LogP contribution in [0.15, 0.2) is 53.4 Å². The number of carbonyl (C=O) groups is 1. The number of nitrogens with one attached hydrogen (secondary N) is 1. The second-order valence-corrected chi connectivity index (χ2v) is 6.87. The minimum Gasteiger partial charge on any atom is -0.322 e. The highest BCUT2D eigenvalue weighted by atomic mass is 35.5. The van der Waals surface area contributed by atoms with Crippen LogP contribution in [0.1, 0.15) is 11.1 Å². The highest BCUT2D eigenvalue weighted by Crippen LogP contribution is 2.19. The van der Waals surface area contributed by atoms with Gasteiger partial charge in [-0.05, 0) is 48.4 Å². The standard InChI is InChI=1S/C16H15ClN2O3S/c1-11-5-7-14(10-15(11)23(18,21)22)19-16(20)8-6-12-3-2-4-13(17)9-12/h2-10H,1H3,(H,19,20)(H2,18,21,22)/b8-6+. The Balaban J connectivity index is 2.15. The van der Waals surface area contributed by atoms with Gasteiger partial charge in [-0.3, -0.25) is 4.79 Å². The molecule has 2 aromatic carbocycles. The van der Waals surface area contributed by atoms with Gasteiger partial charge in [0.15, 0.2) is 0 Å². The van der Waals surface area contributed by atoms with Gasteiger partial charge in [0, 0.05) is 16.8 Å². The summed E-state index contributed by atoms with van der Waals surface area (Å²) >= 11 is 5.86. The molecule has 0 aromatic heterocycles. The summed E-state index contributed by atoms with van der Waals surface area (Å²) in [5.74, 6) is -0.394. The van der Waals surface area contributed by atoms with Crippen molar-refractivity contribution in [1.82, 2.24) is 0 Å². The topological polar surface area (TPSA) is 89.3 Å². The maximum atomic E-state index is 11.9. The molecule has 1 amide bonds. The lowest BCUT2D eigenvalue weighted by Gasteiger charge is -2.07. The smallest absolute Gasteiger partial charge is 0.248 e. The first kappa shape index (κ1) is 17.2. The molecule has 5 nitrogen and oxygen atoms in total. The third-order valence-electron chi connectivity index (χ3n) is 3.04. The molecule has 2 rings (SSSR count). The van der Waals surface area contributed by atoms with Crippen molar-refractivity contribution in [1.29, 1.82) is 0 Å². The van der Waals surface area contributed by atoms with Crippen LogP contribution in [0.2, 0.25) is 5.02 Å². The number of anilines is 1. The molecule has 120 valence electrons. The van der Waals surface area contributed by atoms with Crippen molar-refractivity contribution in [3.8, 4) is 0 Å². The first-order chi connectivity index (χ1) is 10.8. The number of aryl methyl sites for hydroxylation is 1. The second kappa shape index (κ2) is 6.95. The predicted octanol–water partition coefficient (Wildman–Crippen LogP) is 2.95. The lowest BCUT2D eigenvalue weighted by atomic mass is 10.2. The molecule has 0 spiro atoms. The van der Waals surface area contributed by atoms with E-state index < -0.39 is 15.9 Å². The summed E-state index contributed by atoms with van der Waals surface area (Å²) in [5.41, 5.74) is 1.64. The molecular weight excluding hydrogens is 336 g/mol.